The largest absolute Gasteiger partial charge is 0.310 e. The molecule has 0 aliphatic heterocycles. The highest BCUT2D eigenvalue weighted by atomic mass is 127. The van der Waals surface area contributed by atoms with Crippen LogP contribution in [0.4, 0.5) is 17.1 Å². The molecule has 7 aromatic carbocycles. The third kappa shape index (κ3) is 6.68. The van der Waals surface area contributed by atoms with Gasteiger partial charge in [0.05, 0.1) is 11.1 Å². The number of allylic oxidation sites excluding steroid dienone is 9. The Bertz CT molecular complexity index is 3300. The molecule has 0 heterocycles. The van der Waals surface area contributed by atoms with Crippen molar-refractivity contribution in [2.24, 2.45) is 0 Å². The third-order valence-corrected chi connectivity index (χ3v) is 16.4. The zero-order chi connectivity index (χ0) is 48.6. The van der Waals surface area contributed by atoms with Gasteiger partial charge in [0.2, 0.25) is 0 Å². The van der Waals surface area contributed by atoms with Crippen LogP contribution in [0, 0.1) is 0 Å². The molecule has 0 N–H and O–H groups in total. The summed E-state index contributed by atoms with van der Waals surface area (Å²) in [5.41, 5.74) is 26.3. The molecule has 11 rings (SSSR count). The van der Waals surface area contributed by atoms with Crippen molar-refractivity contribution in [1.29, 1.82) is 0 Å². The number of hydrogen-bond acceptors (Lipinski definition) is 1. The molecular formula is C67H64IN. The van der Waals surface area contributed by atoms with Crippen LogP contribution in [0.2, 0.25) is 0 Å². The number of rotatable bonds is 9. The summed E-state index contributed by atoms with van der Waals surface area (Å²) in [4.78, 5) is 4.48. The van der Waals surface area contributed by atoms with Crippen LogP contribution in [0.1, 0.15) is 124 Å². The molecule has 0 amide bonds. The fourth-order valence-electron chi connectivity index (χ4n) is 12.6. The van der Waals surface area contributed by atoms with Gasteiger partial charge in [-0.15, -0.1) is 0 Å². The lowest BCUT2D eigenvalue weighted by molar-refractivity contribution is 0.616. The maximum Gasteiger partial charge on any atom is 0.0726 e. The van der Waals surface area contributed by atoms with Gasteiger partial charge in [0.15, 0.2) is 0 Å². The van der Waals surface area contributed by atoms with E-state index >= 15 is 0 Å². The van der Waals surface area contributed by atoms with E-state index in [1.54, 1.807) is 0 Å². The van der Waals surface area contributed by atoms with Gasteiger partial charge < -0.3 is 4.90 Å². The van der Waals surface area contributed by atoms with Crippen LogP contribution in [-0.2, 0) is 21.7 Å². The normalized spacial score (nSPS) is 16.3. The number of nitrogens with zero attached hydrogens (tertiary/aromatic N) is 1. The Morgan fingerprint density at radius 2 is 1.12 bits per heavy atom. The molecule has 2 heteroatoms. The van der Waals surface area contributed by atoms with Crippen molar-refractivity contribution in [3.8, 4) is 22.3 Å². The van der Waals surface area contributed by atoms with Crippen LogP contribution in [0.5, 0.6) is 0 Å². The predicted molar refractivity (Wildman–Crippen MR) is 306 cm³/mol. The lowest BCUT2D eigenvalue weighted by atomic mass is 9.68. The molecule has 1 spiro atoms. The van der Waals surface area contributed by atoms with Gasteiger partial charge in [0, 0.05) is 33.2 Å². The molecule has 344 valence electrons. The zero-order valence-electron chi connectivity index (χ0n) is 42.1. The molecular weight excluding hydrogens is 946 g/mol. The first-order chi connectivity index (χ1) is 33.3. The second kappa shape index (κ2) is 17.3. The summed E-state index contributed by atoms with van der Waals surface area (Å²) in [7, 11) is 0. The van der Waals surface area contributed by atoms with E-state index in [1.165, 1.54) is 106 Å². The molecule has 0 bridgehead atoms. The highest BCUT2D eigenvalue weighted by molar-refractivity contribution is 14.1. The highest BCUT2D eigenvalue weighted by Gasteiger charge is 2.53. The number of fused-ring (bicyclic) bond motifs is 12. The average molecular weight is 1010 g/mol. The van der Waals surface area contributed by atoms with Gasteiger partial charge in [-0.1, -0.05) is 235 Å². The van der Waals surface area contributed by atoms with Crippen LogP contribution in [0.3, 0.4) is 0 Å². The monoisotopic (exact) mass is 1010 g/mol. The van der Waals surface area contributed by atoms with Crippen molar-refractivity contribution in [3.63, 3.8) is 0 Å². The molecule has 0 atom stereocenters. The molecule has 7 aromatic rings. The van der Waals surface area contributed by atoms with Gasteiger partial charge in [0.1, 0.15) is 0 Å². The van der Waals surface area contributed by atoms with Gasteiger partial charge in [-0.25, -0.2) is 0 Å². The highest BCUT2D eigenvalue weighted by Crippen LogP contribution is 2.65. The predicted octanol–water partition coefficient (Wildman–Crippen LogP) is 18.7. The van der Waals surface area contributed by atoms with Crippen LogP contribution in [0.15, 0.2) is 200 Å². The van der Waals surface area contributed by atoms with Crippen molar-refractivity contribution < 1.29 is 0 Å². The molecule has 0 saturated heterocycles. The van der Waals surface area contributed by atoms with Gasteiger partial charge in [-0.05, 0) is 145 Å². The van der Waals surface area contributed by atoms with Crippen LogP contribution in [-0.4, -0.2) is 4.93 Å². The summed E-state index contributed by atoms with van der Waals surface area (Å²) in [5.74, 6) is 0. The number of benzene rings is 7. The lowest BCUT2D eigenvalue weighted by Crippen LogP contribution is -2.27. The maximum atomic E-state index is 4.30. The van der Waals surface area contributed by atoms with Crippen LogP contribution < -0.4 is 4.90 Å². The van der Waals surface area contributed by atoms with Crippen LogP contribution >= 0.6 is 22.6 Å². The fourth-order valence-corrected chi connectivity index (χ4v) is 12.6. The Kier molecular flexibility index (Phi) is 11.7. The average Bonchev–Trinajstić information content (AvgIpc) is 3.98. The molecule has 0 radical (unpaired) electrons. The van der Waals surface area contributed by atoms with Crippen LogP contribution in [0.25, 0.3) is 33.4 Å². The number of halogens is 1. The lowest BCUT2D eigenvalue weighted by Gasteiger charge is -2.33. The minimum atomic E-state index is -0.520. The van der Waals surface area contributed by atoms with Gasteiger partial charge in [-0.3, -0.25) is 0 Å². The second-order valence-electron chi connectivity index (χ2n) is 20.7. The molecule has 0 fully saturated rings. The topological polar surface area (TPSA) is 3.24 Å². The smallest absolute Gasteiger partial charge is 0.0726 e. The fraction of sp³-hybridized carbons (Fsp3) is 0.224. The van der Waals surface area contributed by atoms with E-state index in [4.69, 9.17) is 0 Å². The summed E-state index contributed by atoms with van der Waals surface area (Å²) in [6, 6.07) is 58.3. The zero-order valence-corrected chi connectivity index (χ0v) is 44.2. The molecule has 0 aromatic heterocycles. The Morgan fingerprint density at radius 3 is 1.75 bits per heavy atom. The minimum absolute atomic E-state index is 0.0509. The molecule has 0 saturated carbocycles. The first kappa shape index (κ1) is 46.5. The quantitative estimate of drug-likeness (QED) is 0.103. The molecule has 69 heavy (non-hydrogen) atoms. The molecule has 0 unspecified atom stereocenters. The first-order valence-corrected chi connectivity index (χ1v) is 26.9. The summed E-state index contributed by atoms with van der Waals surface area (Å²) >= 11 is 2.15. The van der Waals surface area contributed by atoms with Crippen molar-refractivity contribution in [3.05, 3.63) is 255 Å². The van der Waals surface area contributed by atoms with E-state index in [9.17, 15) is 0 Å². The van der Waals surface area contributed by atoms with Crippen molar-refractivity contribution in [1.82, 2.24) is 0 Å². The van der Waals surface area contributed by atoms with Gasteiger partial charge in [-0.2, -0.15) is 0 Å². The summed E-state index contributed by atoms with van der Waals surface area (Å²) in [6.45, 7) is 25.3. The first-order valence-electron chi connectivity index (χ1n) is 24.7. The van der Waals surface area contributed by atoms with Crippen molar-refractivity contribution in [2.45, 2.75) is 90.4 Å². The van der Waals surface area contributed by atoms with Gasteiger partial charge in [0.25, 0.3) is 0 Å². The number of alkyl halides is 1. The molecule has 4 aliphatic rings. The Morgan fingerprint density at radius 1 is 0.551 bits per heavy atom. The summed E-state index contributed by atoms with van der Waals surface area (Å²) in [5, 5.41) is 0. The Labute approximate surface area is 425 Å². The van der Waals surface area contributed by atoms with Gasteiger partial charge >= 0.3 is 0 Å². The minimum Gasteiger partial charge on any atom is -0.310 e. The SMILES string of the molecule is C=CC1=C(/C=C\C)c2ccc(N(c3ccccc3)c3cccc4c3-c3ccc(C(C)(C)c5ccc6c(c5)C(C)(C)C(C)=C6/C=C\CC)cc3C43c4ccccc4-c4ccccc43)cc2C1(C)C.CI. The molecule has 4 aliphatic carbocycles. The number of anilines is 3. The van der Waals surface area contributed by atoms with Crippen molar-refractivity contribution in [2.75, 3.05) is 9.83 Å². The standard InChI is InChI=1S/C66H61N.CH3I/c1-11-14-26-47-42(4)63(5,6)58-39-43(33-36-51(47)58)64(7,8)44-34-37-53-60(40-44)66(55-29-20-18-27-49(55)50-28-19-21-30-56(50)66)57-31-22-32-61(62(53)57)67(45-24-16-15-17-25-45)46-35-38-52-48(23-12-2)54(13-3)65(9,10)59(52)41-46;1-2/h12-41H,3,11H2,1-2,4-10H3;1H3/b23-12-,26-14-;. The second-order valence-corrected chi connectivity index (χ2v) is 20.7. The summed E-state index contributed by atoms with van der Waals surface area (Å²) < 4.78 is 0. The van der Waals surface area contributed by atoms with E-state index in [0.717, 1.165) is 17.8 Å². The number of para-hydroxylation sites is 1. The molecule has 1 nitrogen and oxygen atoms in total. The van der Waals surface area contributed by atoms with E-state index in [2.05, 4.69) is 278 Å². The Balaban J connectivity index is 0.00000273. The van der Waals surface area contributed by atoms with E-state index in [-0.39, 0.29) is 16.2 Å². The summed E-state index contributed by atoms with van der Waals surface area (Å²) in [6.07, 6.45) is 12.1. The number of hydrogen-bond donors (Lipinski definition) is 0. The van der Waals surface area contributed by atoms with E-state index in [1.807, 2.05) is 4.93 Å². The van der Waals surface area contributed by atoms with Crippen molar-refractivity contribution >= 4 is 50.8 Å². The van der Waals surface area contributed by atoms with E-state index < -0.39 is 5.41 Å². The third-order valence-electron chi connectivity index (χ3n) is 16.4. The maximum absolute atomic E-state index is 4.30. The Hall–Kier alpha value is -6.23. The van der Waals surface area contributed by atoms with E-state index in [0.29, 0.717) is 0 Å².